The van der Waals surface area contributed by atoms with E-state index in [1.54, 1.807) is 23.9 Å². The first-order valence-electron chi connectivity index (χ1n) is 3.23. The summed E-state index contributed by atoms with van der Waals surface area (Å²) in [6.45, 7) is 0.376. The summed E-state index contributed by atoms with van der Waals surface area (Å²) < 4.78 is 1.55. The predicted molar refractivity (Wildman–Crippen MR) is 40.3 cm³/mol. The second-order valence-electron chi connectivity index (χ2n) is 2.35. The zero-order chi connectivity index (χ0) is 8.43. The molecule has 0 unspecified atom stereocenters. The summed E-state index contributed by atoms with van der Waals surface area (Å²) >= 11 is 0. The number of aryl methyl sites for hydroxylation is 1. The van der Waals surface area contributed by atoms with Gasteiger partial charge in [-0.05, 0) is 11.6 Å². The minimum atomic E-state index is -0.924. The van der Waals surface area contributed by atoms with Gasteiger partial charge in [0.25, 0.3) is 0 Å². The van der Waals surface area contributed by atoms with Crippen LogP contribution in [0.2, 0.25) is 0 Å². The lowest BCUT2D eigenvalue weighted by Crippen LogP contribution is -2.02. The Kier molecular flexibility index (Phi) is 1.96. The number of aromatic carboxylic acids is 1. The van der Waals surface area contributed by atoms with Gasteiger partial charge in [0.1, 0.15) is 5.69 Å². The fraction of sp³-hybridized carbons (Fsp3) is 0.286. The number of rotatable bonds is 2. The van der Waals surface area contributed by atoms with Crippen LogP contribution in [0.3, 0.4) is 0 Å². The van der Waals surface area contributed by atoms with Crippen molar-refractivity contribution in [2.45, 2.75) is 6.54 Å². The first-order chi connectivity index (χ1) is 5.15. The average Bonchev–Trinajstić information content (AvgIpc) is 2.30. The summed E-state index contributed by atoms with van der Waals surface area (Å²) in [5, 5.41) is 8.61. The van der Waals surface area contributed by atoms with E-state index >= 15 is 0 Å². The van der Waals surface area contributed by atoms with E-state index in [4.69, 9.17) is 10.8 Å². The Morgan fingerprint density at radius 3 is 2.73 bits per heavy atom. The third-order valence-corrected chi connectivity index (χ3v) is 1.52. The van der Waals surface area contributed by atoms with E-state index in [-0.39, 0.29) is 5.69 Å². The molecule has 0 radical (unpaired) electrons. The molecule has 0 aliphatic carbocycles. The molecule has 0 aromatic carbocycles. The topological polar surface area (TPSA) is 68.2 Å². The van der Waals surface area contributed by atoms with Crippen LogP contribution in [-0.4, -0.2) is 15.6 Å². The molecular formula is C7H10N2O2. The lowest BCUT2D eigenvalue weighted by atomic mass is 10.3. The molecule has 0 bridgehead atoms. The Bertz CT molecular complexity index is 278. The molecule has 0 aliphatic heterocycles. The van der Waals surface area contributed by atoms with E-state index in [0.29, 0.717) is 6.54 Å². The number of carbonyl (C=O) groups is 1. The molecule has 3 N–H and O–H groups in total. The highest BCUT2D eigenvalue weighted by Gasteiger charge is 2.07. The van der Waals surface area contributed by atoms with Crippen molar-refractivity contribution >= 4 is 5.97 Å². The van der Waals surface area contributed by atoms with Gasteiger partial charge in [0.15, 0.2) is 0 Å². The van der Waals surface area contributed by atoms with Crippen molar-refractivity contribution in [1.82, 2.24) is 4.57 Å². The van der Waals surface area contributed by atoms with Crippen LogP contribution < -0.4 is 5.73 Å². The fourth-order valence-corrected chi connectivity index (χ4v) is 0.957. The minimum absolute atomic E-state index is 0.269. The predicted octanol–water partition coefficient (Wildman–Crippen LogP) is 0.182. The molecule has 1 aromatic rings. The molecule has 0 amide bonds. The van der Waals surface area contributed by atoms with E-state index in [1.165, 1.54) is 0 Å². The van der Waals surface area contributed by atoms with Crippen LogP contribution in [0.4, 0.5) is 0 Å². The molecular weight excluding hydrogens is 144 g/mol. The van der Waals surface area contributed by atoms with E-state index in [9.17, 15) is 4.79 Å². The van der Waals surface area contributed by atoms with Crippen molar-refractivity contribution in [3.8, 4) is 0 Å². The van der Waals surface area contributed by atoms with Crippen LogP contribution in [0.1, 0.15) is 16.1 Å². The molecule has 0 atom stereocenters. The fourth-order valence-electron chi connectivity index (χ4n) is 0.957. The van der Waals surface area contributed by atoms with Gasteiger partial charge in [-0.1, -0.05) is 0 Å². The summed E-state index contributed by atoms with van der Waals surface area (Å²) in [5.41, 5.74) is 6.43. The minimum Gasteiger partial charge on any atom is -0.477 e. The molecule has 4 nitrogen and oxygen atoms in total. The maximum Gasteiger partial charge on any atom is 0.352 e. The zero-order valence-electron chi connectivity index (χ0n) is 6.24. The SMILES string of the molecule is Cn1cc(CN)cc1C(=O)O. The first kappa shape index (κ1) is 7.81. The normalized spacial score (nSPS) is 10.0. The van der Waals surface area contributed by atoms with Crippen LogP contribution in [0.15, 0.2) is 12.3 Å². The molecule has 0 saturated heterocycles. The smallest absolute Gasteiger partial charge is 0.352 e. The number of carboxylic acids is 1. The van der Waals surface area contributed by atoms with Gasteiger partial charge >= 0.3 is 5.97 Å². The highest BCUT2D eigenvalue weighted by atomic mass is 16.4. The maximum atomic E-state index is 10.5. The molecule has 0 saturated carbocycles. The Labute approximate surface area is 64.2 Å². The van der Waals surface area contributed by atoms with Gasteiger partial charge in [0.05, 0.1) is 0 Å². The first-order valence-corrected chi connectivity index (χ1v) is 3.23. The monoisotopic (exact) mass is 154 g/mol. The highest BCUT2D eigenvalue weighted by molar-refractivity contribution is 5.86. The van der Waals surface area contributed by atoms with E-state index < -0.39 is 5.97 Å². The summed E-state index contributed by atoms with van der Waals surface area (Å²) in [6.07, 6.45) is 1.71. The largest absolute Gasteiger partial charge is 0.477 e. The van der Waals surface area contributed by atoms with E-state index in [2.05, 4.69) is 0 Å². The molecule has 0 fully saturated rings. The second-order valence-corrected chi connectivity index (χ2v) is 2.35. The van der Waals surface area contributed by atoms with Gasteiger partial charge in [0.2, 0.25) is 0 Å². The third kappa shape index (κ3) is 1.40. The van der Waals surface area contributed by atoms with Crippen molar-refractivity contribution in [2.24, 2.45) is 12.8 Å². The van der Waals surface area contributed by atoms with Gasteiger partial charge < -0.3 is 15.4 Å². The zero-order valence-corrected chi connectivity index (χ0v) is 6.24. The van der Waals surface area contributed by atoms with Crippen molar-refractivity contribution in [2.75, 3.05) is 0 Å². The molecule has 1 heterocycles. The Morgan fingerprint density at radius 1 is 1.82 bits per heavy atom. The van der Waals surface area contributed by atoms with Gasteiger partial charge in [0, 0.05) is 19.8 Å². The summed E-state index contributed by atoms with van der Waals surface area (Å²) in [5.74, 6) is -0.924. The molecule has 11 heavy (non-hydrogen) atoms. The van der Waals surface area contributed by atoms with Crippen LogP contribution in [0, 0.1) is 0 Å². The summed E-state index contributed by atoms with van der Waals surface area (Å²) in [7, 11) is 1.68. The molecule has 0 aliphatic rings. The van der Waals surface area contributed by atoms with Crippen LogP contribution >= 0.6 is 0 Å². The molecule has 1 aromatic heterocycles. The second kappa shape index (κ2) is 2.75. The molecule has 1 rings (SSSR count). The van der Waals surface area contributed by atoms with Crippen LogP contribution in [0.5, 0.6) is 0 Å². The van der Waals surface area contributed by atoms with Gasteiger partial charge in [-0.3, -0.25) is 0 Å². The van der Waals surface area contributed by atoms with Crippen molar-refractivity contribution < 1.29 is 9.90 Å². The van der Waals surface area contributed by atoms with E-state index in [1.807, 2.05) is 0 Å². The standard InChI is InChI=1S/C7H10N2O2/c1-9-4-5(3-8)2-6(9)7(10)11/h2,4H,3,8H2,1H3,(H,10,11). The van der Waals surface area contributed by atoms with Crippen LogP contribution in [-0.2, 0) is 13.6 Å². The van der Waals surface area contributed by atoms with Crippen molar-refractivity contribution in [1.29, 1.82) is 0 Å². The van der Waals surface area contributed by atoms with E-state index in [0.717, 1.165) is 5.56 Å². The Balaban J connectivity index is 3.07. The summed E-state index contributed by atoms with van der Waals surface area (Å²) in [4.78, 5) is 10.5. The highest BCUT2D eigenvalue weighted by Crippen LogP contribution is 2.05. The van der Waals surface area contributed by atoms with Gasteiger partial charge in [-0.15, -0.1) is 0 Å². The average molecular weight is 154 g/mol. The number of aromatic nitrogens is 1. The number of carboxylic acid groups (broad SMARTS) is 1. The number of nitrogens with zero attached hydrogens (tertiary/aromatic N) is 1. The number of nitrogens with two attached hydrogens (primary N) is 1. The number of hydrogen-bond acceptors (Lipinski definition) is 2. The lowest BCUT2D eigenvalue weighted by Gasteiger charge is -1.93. The third-order valence-electron chi connectivity index (χ3n) is 1.52. The van der Waals surface area contributed by atoms with Crippen molar-refractivity contribution in [3.63, 3.8) is 0 Å². The summed E-state index contributed by atoms with van der Waals surface area (Å²) in [6, 6.07) is 1.57. The van der Waals surface area contributed by atoms with Gasteiger partial charge in [-0.25, -0.2) is 4.79 Å². The molecule has 0 spiro atoms. The molecule has 60 valence electrons. The maximum absolute atomic E-state index is 10.5. The van der Waals surface area contributed by atoms with Gasteiger partial charge in [-0.2, -0.15) is 0 Å². The Hall–Kier alpha value is -1.29. The molecule has 4 heteroatoms. The lowest BCUT2D eigenvalue weighted by molar-refractivity contribution is 0.0686. The number of hydrogen-bond donors (Lipinski definition) is 2. The quantitative estimate of drug-likeness (QED) is 0.638. The Morgan fingerprint density at radius 2 is 2.45 bits per heavy atom. The van der Waals surface area contributed by atoms with Crippen molar-refractivity contribution in [3.05, 3.63) is 23.5 Å². The van der Waals surface area contributed by atoms with Crippen LogP contribution in [0.25, 0.3) is 0 Å².